The number of fused-ring (bicyclic) bond motifs is 1. The molecule has 144 valence electrons. The average Bonchev–Trinajstić information content (AvgIpc) is 3.00. The van der Waals surface area contributed by atoms with Crippen LogP contribution in [0.2, 0.25) is 13.1 Å². The third kappa shape index (κ3) is 3.91. The Bertz CT molecular complexity index is 856. The van der Waals surface area contributed by atoms with E-state index < -0.39 is 8.24 Å². The minimum absolute atomic E-state index is 0.207. The fourth-order valence-electron chi connectivity index (χ4n) is 4.98. The van der Waals surface area contributed by atoms with E-state index in [0.717, 1.165) is 12.8 Å². The summed E-state index contributed by atoms with van der Waals surface area (Å²) < 4.78 is 1.51. The Morgan fingerprint density at radius 1 is 1.00 bits per heavy atom. The van der Waals surface area contributed by atoms with Gasteiger partial charge in [-0.05, 0) is 0 Å². The second-order valence-electron chi connectivity index (χ2n) is 9.06. The summed E-state index contributed by atoms with van der Waals surface area (Å²) >= 11 is 2.35. The summed E-state index contributed by atoms with van der Waals surface area (Å²) in [6.45, 7) is 12.0. The van der Waals surface area contributed by atoms with Gasteiger partial charge in [0.15, 0.2) is 0 Å². The van der Waals surface area contributed by atoms with E-state index in [1.54, 1.807) is 0 Å². The molecule has 3 rings (SSSR count). The third-order valence-corrected chi connectivity index (χ3v) is 10.2. The Hall–Kier alpha value is -1.25. The van der Waals surface area contributed by atoms with Crippen molar-refractivity contribution in [2.75, 3.05) is 11.9 Å². The zero-order valence-corrected chi connectivity index (χ0v) is 19.6. The fraction of sp³-hybridized carbons (Fsp3) is 0.417. The van der Waals surface area contributed by atoms with Gasteiger partial charge in [0.25, 0.3) is 0 Å². The monoisotopic (exact) mass is 384 g/mol. The van der Waals surface area contributed by atoms with Crippen LogP contribution in [0.5, 0.6) is 0 Å². The van der Waals surface area contributed by atoms with Gasteiger partial charge in [-0.25, -0.2) is 0 Å². The average molecular weight is 385 g/mol. The number of hydrogen-bond acceptors (Lipinski definition) is 2. The maximum absolute atomic E-state index is 4.17. The Kier molecular flexibility index (Phi) is 6.32. The molecule has 0 bridgehead atoms. The predicted molar refractivity (Wildman–Crippen MR) is 126 cm³/mol. The van der Waals surface area contributed by atoms with Gasteiger partial charge < -0.3 is 0 Å². The van der Waals surface area contributed by atoms with Crippen LogP contribution in [0.4, 0.5) is 5.69 Å². The van der Waals surface area contributed by atoms with Crippen molar-refractivity contribution in [3.63, 3.8) is 0 Å². The van der Waals surface area contributed by atoms with Gasteiger partial charge in [0.1, 0.15) is 0 Å². The SMILES string of the molecule is [Li][C]1=C(N(C)c2ccccc2)c2ccccc2C1[Si](C)(C)NC(C)(CC)CC. The van der Waals surface area contributed by atoms with Crippen molar-refractivity contribution < 1.29 is 0 Å². The van der Waals surface area contributed by atoms with E-state index in [1.807, 2.05) is 0 Å². The van der Waals surface area contributed by atoms with Crippen LogP contribution in [0.25, 0.3) is 5.70 Å². The summed E-state index contributed by atoms with van der Waals surface area (Å²) in [6.07, 6.45) is 2.32. The summed E-state index contributed by atoms with van der Waals surface area (Å²) in [4.78, 5) is 6.54. The van der Waals surface area contributed by atoms with Gasteiger partial charge in [0.2, 0.25) is 0 Å². The van der Waals surface area contributed by atoms with Gasteiger partial charge in [-0.3, -0.25) is 0 Å². The Morgan fingerprint density at radius 3 is 2.18 bits per heavy atom. The normalized spacial score (nSPS) is 17.1. The van der Waals surface area contributed by atoms with Crippen LogP contribution in [-0.2, 0) is 0 Å². The topological polar surface area (TPSA) is 15.3 Å². The van der Waals surface area contributed by atoms with E-state index in [0.29, 0.717) is 5.54 Å². The number of anilines is 1. The third-order valence-electron chi connectivity index (χ3n) is 6.72. The van der Waals surface area contributed by atoms with Crippen LogP contribution >= 0.6 is 0 Å². The van der Waals surface area contributed by atoms with Gasteiger partial charge in [-0.15, -0.1) is 0 Å². The molecule has 4 heteroatoms. The van der Waals surface area contributed by atoms with E-state index in [-0.39, 0.29) is 5.54 Å². The number of rotatable bonds is 7. The van der Waals surface area contributed by atoms with Crippen LogP contribution in [0.15, 0.2) is 58.8 Å². The summed E-state index contributed by atoms with van der Waals surface area (Å²) in [7, 11) is 0.421. The molecule has 1 aliphatic carbocycles. The van der Waals surface area contributed by atoms with Gasteiger partial charge in [0, 0.05) is 0 Å². The molecule has 1 aliphatic rings. The second-order valence-corrected chi connectivity index (χ2v) is 13.3. The van der Waals surface area contributed by atoms with Crippen LogP contribution in [0.3, 0.4) is 0 Å². The van der Waals surface area contributed by atoms with E-state index in [1.165, 1.54) is 26.8 Å². The zero-order valence-electron chi connectivity index (χ0n) is 18.6. The van der Waals surface area contributed by atoms with E-state index in [9.17, 15) is 0 Å². The molecule has 0 saturated heterocycles. The van der Waals surface area contributed by atoms with E-state index in [2.05, 4.69) is 123 Å². The molecule has 0 fully saturated rings. The van der Waals surface area contributed by atoms with Crippen LogP contribution in [-0.4, -0.2) is 38.5 Å². The second kappa shape index (κ2) is 8.24. The molecule has 2 aromatic carbocycles. The molecule has 1 N–H and O–H groups in total. The van der Waals surface area contributed by atoms with Gasteiger partial charge in [-0.1, -0.05) is 0 Å². The number of allylic oxidation sites excluding steroid dienone is 1. The van der Waals surface area contributed by atoms with Crippen molar-refractivity contribution in [3.05, 3.63) is 70.0 Å². The molecule has 2 nitrogen and oxygen atoms in total. The summed E-state index contributed by atoms with van der Waals surface area (Å²) in [5, 5.41) is 0. The van der Waals surface area contributed by atoms with E-state index >= 15 is 0 Å². The first-order valence-corrected chi connectivity index (χ1v) is 13.7. The molecule has 0 aromatic heterocycles. The molecule has 0 aliphatic heterocycles. The molecular weight excluding hydrogens is 351 g/mol. The standard InChI is InChI=1S/C24H33N2Si.Li/c1-7-24(3,8-2)25-27(5,6)23-18-22(20-16-12-13-17-21(20)23)26(4)19-14-10-9-11-15-19;/h9-17,23,25H,7-8H2,1-6H3;. The van der Waals surface area contributed by atoms with Crippen LogP contribution < -0.4 is 9.88 Å². The van der Waals surface area contributed by atoms with Crippen molar-refractivity contribution in [2.24, 2.45) is 0 Å². The van der Waals surface area contributed by atoms with Gasteiger partial charge >= 0.3 is 182 Å². The number of hydrogen-bond donors (Lipinski definition) is 1. The van der Waals surface area contributed by atoms with Crippen molar-refractivity contribution in [1.29, 1.82) is 0 Å². The Balaban J connectivity index is 2.08. The molecular formula is C24H33LiN2Si. The van der Waals surface area contributed by atoms with Gasteiger partial charge in [-0.2, -0.15) is 0 Å². The van der Waals surface area contributed by atoms with Crippen molar-refractivity contribution in [2.45, 2.75) is 57.8 Å². The molecule has 1 unspecified atom stereocenters. The van der Waals surface area contributed by atoms with Crippen molar-refractivity contribution >= 4 is 37.3 Å². The molecule has 0 radical (unpaired) electrons. The predicted octanol–water partition coefficient (Wildman–Crippen LogP) is 5.67. The number of nitrogens with one attached hydrogen (secondary N) is 1. The molecule has 0 spiro atoms. The molecule has 0 heterocycles. The van der Waals surface area contributed by atoms with Crippen molar-refractivity contribution in [3.8, 4) is 0 Å². The molecule has 28 heavy (non-hydrogen) atoms. The first-order chi connectivity index (χ1) is 13.2. The molecule has 0 amide bonds. The van der Waals surface area contributed by atoms with Crippen molar-refractivity contribution in [1.82, 2.24) is 4.98 Å². The maximum atomic E-state index is 4.17. The molecule has 0 saturated carbocycles. The summed E-state index contributed by atoms with van der Waals surface area (Å²) in [5.41, 5.74) is 6.21. The first-order valence-electron chi connectivity index (χ1n) is 10.6. The fourth-order valence-corrected chi connectivity index (χ4v) is 9.28. The minimum atomic E-state index is -1.79. The number of benzene rings is 2. The Morgan fingerprint density at radius 2 is 1.57 bits per heavy atom. The molecule has 2 aromatic rings. The molecule has 1 atom stereocenters. The summed E-state index contributed by atoms with van der Waals surface area (Å²) in [6, 6.07) is 19.7. The number of para-hydroxylation sites is 1. The van der Waals surface area contributed by atoms with Gasteiger partial charge in [0.05, 0.1) is 0 Å². The quantitative estimate of drug-likeness (QED) is 0.619. The zero-order chi connectivity index (χ0) is 20.5. The van der Waals surface area contributed by atoms with Crippen LogP contribution in [0, 0.1) is 0 Å². The summed E-state index contributed by atoms with van der Waals surface area (Å²) in [5.74, 6) is 0. The van der Waals surface area contributed by atoms with E-state index in [4.69, 9.17) is 0 Å². The van der Waals surface area contributed by atoms with Crippen LogP contribution in [0.1, 0.15) is 50.3 Å². The Labute approximate surface area is 181 Å². The number of nitrogens with zero attached hydrogens (tertiary/aromatic N) is 1. The first kappa shape index (κ1) is 21.5.